The van der Waals surface area contributed by atoms with E-state index in [1.54, 1.807) is 52.0 Å². The smallest absolute Gasteiger partial charge is 0.341 e. The van der Waals surface area contributed by atoms with E-state index in [-0.39, 0.29) is 24.8 Å². The number of carbonyl (C=O) groups excluding carboxylic acids is 3. The lowest BCUT2D eigenvalue weighted by Crippen LogP contribution is -2.56. The fourth-order valence-electron chi connectivity index (χ4n) is 3.57. The van der Waals surface area contributed by atoms with Crippen LogP contribution in [0.15, 0.2) is 65.9 Å². The molecule has 0 fully saturated rings. The number of ketones is 1. The molecule has 0 radical (unpaired) electrons. The minimum atomic E-state index is -1.39. The Morgan fingerprint density at radius 2 is 1.85 bits per heavy atom. The maximum atomic E-state index is 13.7. The van der Waals surface area contributed by atoms with Crippen LogP contribution in [-0.4, -0.2) is 41.4 Å². The van der Waals surface area contributed by atoms with Crippen LogP contribution in [0, 0.1) is 0 Å². The van der Waals surface area contributed by atoms with Crippen LogP contribution in [0.1, 0.15) is 38.8 Å². The predicted octanol–water partition coefficient (Wildman–Crippen LogP) is 4.88. The summed E-state index contributed by atoms with van der Waals surface area (Å²) in [5, 5.41) is 0.464. The normalized spacial score (nSPS) is 14.8. The maximum Gasteiger partial charge on any atom is 0.341 e. The van der Waals surface area contributed by atoms with Crippen molar-refractivity contribution in [1.82, 2.24) is 4.90 Å². The first-order chi connectivity index (χ1) is 15.7. The van der Waals surface area contributed by atoms with E-state index in [1.807, 2.05) is 30.3 Å². The second-order valence-electron chi connectivity index (χ2n) is 8.03. The molecule has 1 amide bonds. The Morgan fingerprint density at radius 3 is 2.48 bits per heavy atom. The van der Waals surface area contributed by atoms with Crippen LogP contribution in [0.4, 0.5) is 0 Å². The quantitative estimate of drug-likeness (QED) is 0.251. The number of Topliss-reactive ketones (excluding diaryl/α,β-unsaturated/α-hetero) is 1. The van der Waals surface area contributed by atoms with Gasteiger partial charge in [0.2, 0.25) is 0 Å². The van der Waals surface area contributed by atoms with Crippen LogP contribution >= 0.6 is 11.6 Å². The summed E-state index contributed by atoms with van der Waals surface area (Å²) in [6.07, 6.45) is 1.43. The van der Waals surface area contributed by atoms with Gasteiger partial charge in [0.05, 0.1) is 12.2 Å². The van der Waals surface area contributed by atoms with Crippen molar-refractivity contribution in [3.63, 3.8) is 0 Å². The lowest BCUT2D eigenvalue weighted by molar-refractivity contribution is -0.149. The van der Waals surface area contributed by atoms with Gasteiger partial charge in [-0.3, -0.25) is 14.5 Å². The molecule has 0 aliphatic carbocycles. The van der Waals surface area contributed by atoms with Gasteiger partial charge in [0.15, 0.2) is 12.5 Å². The van der Waals surface area contributed by atoms with Crippen LogP contribution in [0.5, 0.6) is 0 Å². The minimum Gasteiger partial charge on any atom is -0.477 e. The molecular weight excluding hydrogens is 442 g/mol. The van der Waals surface area contributed by atoms with Crippen molar-refractivity contribution in [1.29, 1.82) is 0 Å². The number of nitrogens with zero attached hydrogens (tertiary/aromatic N) is 1. The van der Waals surface area contributed by atoms with E-state index in [2.05, 4.69) is 0 Å². The number of rotatable bonds is 7. The Balaban J connectivity index is 2.01. The minimum absolute atomic E-state index is 0.102. The molecule has 0 bridgehead atoms. The molecule has 0 aromatic heterocycles. The van der Waals surface area contributed by atoms with Crippen LogP contribution in [-0.2, 0) is 23.9 Å². The third-order valence-electron chi connectivity index (χ3n) is 5.41. The standard InChI is InChI=1S/C26H26ClNO5/c1-5-32-25(31)21(15-18-10-9-13-20(27)14-18)23(29)26(3,4)28-16-33-17(2)22(24(28)30)19-11-7-6-8-12-19/h6-15H,5,16H2,1-4H3. The van der Waals surface area contributed by atoms with Crippen molar-refractivity contribution in [2.75, 3.05) is 13.3 Å². The van der Waals surface area contributed by atoms with Gasteiger partial charge < -0.3 is 9.47 Å². The third-order valence-corrected chi connectivity index (χ3v) is 5.65. The monoisotopic (exact) mass is 467 g/mol. The first kappa shape index (κ1) is 24.3. The summed E-state index contributed by atoms with van der Waals surface area (Å²) in [5.41, 5.74) is 0.0583. The molecule has 0 N–H and O–H groups in total. The summed E-state index contributed by atoms with van der Waals surface area (Å²) >= 11 is 6.06. The van der Waals surface area contributed by atoms with Crippen molar-refractivity contribution in [3.05, 3.63) is 82.1 Å². The summed E-state index contributed by atoms with van der Waals surface area (Å²) in [6.45, 7) is 6.54. The Hall–Kier alpha value is -3.38. The van der Waals surface area contributed by atoms with E-state index >= 15 is 0 Å². The van der Waals surface area contributed by atoms with E-state index in [0.717, 1.165) is 0 Å². The molecule has 1 aliphatic rings. The largest absolute Gasteiger partial charge is 0.477 e. The van der Waals surface area contributed by atoms with Crippen molar-refractivity contribution in [3.8, 4) is 0 Å². The van der Waals surface area contributed by atoms with E-state index in [0.29, 0.717) is 27.5 Å². The van der Waals surface area contributed by atoms with Crippen molar-refractivity contribution in [2.24, 2.45) is 0 Å². The topological polar surface area (TPSA) is 72.9 Å². The molecular formula is C26H26ClNO5. The molecule has 172 valence electrons. The van der Waals surface area contributed by atoms with Crippen molar-refractivity contribution in [2.45, 2.75) is 33.2 Å². The molecule has 33 heavy (non-hydrogen) atoms. The van der Waals surface area contributed by atoms with Gasteiger partial charge in [-0.05, 0) is 57.0 Å². The molecule has 2 aromatic rings. The summed E-state index contributed by atoms with van der Waals surface area (Å²) in [7, 11) is 0. The van der Waals surface area contributed by atoms with E-state index in [1.165, 1.54) is 11.0 Å². The number of benzene rings is 2. The number of ether oxygens (including phenoxy) is 2. The zero-order valence-electron chi connectivity index (χ0n) is 19.1. The van der Waals surface area contributed by atoms with Crippen molar-refractivity contribution >= 4 is 40.9 Å². The van der Waals surface area contributed by atoms with Gasteiger partial charge in [-0.1, -0.05) is 54.1 Å². The fourth-order valence-corrected chi connectivity index (χ4v) is 3.76. The highest BCUT2D eigenvalue weighted by Crippen LogP contribution is 2.32. The van der Waals surface area contributed by atoms with E-state index in [9.17, 15) is 14.4 Å². The van der Waals surface area contributed by atoms with Gasteiger partial charge in [0.1, 0.15) is 16.9 Å². The van der Waals surface area contributed by atoms with Crippen LogP contribution in [0.25, 0.3) is 11.6 Å². The lowest BCUT2D eigenvalue weighted by Gasteiger charge is -2.40. The molecule has 0 spiro atoms. The van der Waals surface area contributed by atoms with Gasteiger partial charge in [0, 0.05) is 5.02 Å². The molecule has 0 saturated heterocycles. The molecule has 0 atom stereocenters. The van der Waals surface area contributed by atoms with E-state index < -0.39 is 17.3 Å². The molecule has 3 rings (SSSR count). The fraction of sp³-hybridized carbons (Fsp3) is 0.269. The van der Waals surface area contributed by atoms with E-state index in [4.69, 9.17) is 21.1 Å². The highest BCUT2D eigenvalue weighted by atomic mass is 35.5. The summed E-state index contributed by atoms with van der Waals surface area (Å²) < 4.78 is 10.9. The number of halogens is 1. The summed E-state index contributed by atoms with van der Waals surface area (Å²) in [6, 6.07) is 15.9. The molecule has 0 unspecified atom stereocenters. The number of allylic oxidation sites excluding steroid dienone is 1. The SMILES string of the molecule is CCOC(=O)C(=Cc1cccc(Cl)c1)C(=O)C(C)(C)N1COC(C)=C(c2ccccc2)C1=O. The number of esters is 1. The van der Waals surface area contributed by atoms with Gasteiger partial charge in [-0.25, -0.2) is 4.79 Å². The summed E-state index contributed by atoms with van der Waals surface area (Å²) in [4.78, 5) is 41.2. The number of hydrogen-bond donors (Lipinski definition) is 0. The number of hydrogen-bond acceptors (Lipinski definition) is 5. The Kier molecular flexibility index (Phi) is 7.39. The van der Waals surface area contributed by atoms with Crippen LogP contribution < -0.4 is 0 Å². The highest BCUT2D eigenvalue weighted by Gasteiger charge is 2.44. The zero-order valence-corrected chi connectivity index (χ0v) is 19.8. The molecule has 2 aromatic carbocycles. The van der Waals surface area contributed by atoms with Crippen molar-refractivity contribution < 1.29 is 23.9 Å². The molecule has 6 nitrogen and oxygen atoms in total. The van der Waals surface area contributed by atoms with Crippen LogP contribution in [0.2, 0.25) is 5.02 Å². The average molecular weight is 468 g/mol. The maximum absolute atomic E-state index is 13.7. The average Bonchev–Trinajstić information content (AvgIpc) is 2.78. The zero-order chi connectivity index (χ0) is 24.2. The van der Waals surface area contributed by atoms with Gasteiger partial charge in [-0.2, -0.15) is 0 Å². The molecule has 0 saturated carbocycles. The Morgan fingerprint density at radius 1 is 1.15 bits per heavy atom. The summed E-state index contributed by atoms with van der Waals surface area (Å²) in [5.74, 6) is -1.21. The second-order valence-corrected chi connectivity index (χ2v) is 8.46. The first-order valence-electron chi connectivity index (χ1n) is 10.6. The lowest BCUT2D eigenvalue weighted by atomic mass is 9.88. The third kappa shape index (κ3) is 5.17. The first-order valence-corrected chi connectivity index (χ1v) is 10.9. The van der Waals surface area contributed by atoms with Gasteiger partial charge in [-0.15, -0.1) is 0 Å². The van der Waals surface area contributed by atoms with Gasteiger partial charge in [0.25, 0.3) is 5.91 Å². The second kappa shape index (κ2) is 10.0. The Labute approximate surface area is 198 Å². The Bertz CT molecular complexity index is 1130. The van der Waals surface area contributed by atoms with Crippen LogP contribution in [0.3, 0.4) is 0 Å². The predicted molar refractivity (Wildman–Crippen MR) is 127 cm³/mol. The number of amides is 1. The highest BCUT2D eigenvalue weighted by molar-refractivity contribution is 6.31. The molecule has 1 heterocycles. The number of carbonyl (C=O) groups is 3. The molecule has 1 aliphatic heterocycles. The van der Waals surface area contributed by atoms with Gasteiger partial charge >= 0.3 is 5.97 Å². The molecule has 7 heteroatoms.